The second-order valence-corrected chi connectivity index (χ2v) is 4.62. The van der Waals surface area contributed by atoms with E-state index in [0.29, 0.717) is 18.4 Å². The number of rotatable bonds is 3. The highest BCUT2D eigenvalue weighted by Gasteiger charge is 2.35. The first-order chi connectivity index (χ1) is 7.58. The van der Waals surface area contributed by atoms with Crippen LogP contribution in [0.15, 0.2) is 5.38 Å². The van der Waals surface area contributed by atoms with E-state index in [1.54, 1.807) is 12.3 Å². The SMILES string of the molecule is Cc1nscc1C(=O)NC1CC(C(=O)O)C1. The number of carbonyl (C=O) groups excluding carboxylic acids is 1. The summed E-state index contributed by atoms with van der Waals surface area (Å²) < 4.78 is 4.02. The predicted octanol–water partition coefficient (Wildman–Crippen LogP) is 1.04. The maximum absolute atomic E-state index is 11.7. The van der Waals surface area contributed by atoms with Gasteiger partial charge in [0.2, 0.25) is 0 Å². The fraction of sp³-hybridized carbons (Fsp3) is 0.500. The first-order valence-electron chi connectivity index (χ1n) is 5.02. The topological polar surface area (TPSA) is 79.3 Å². The Morgan fingerprint density at radius 2 is 2.25 bits per heavy atom. The highest BCUT2D eigenvalue weighted by atomic mass is 32.1. The van der Waals surface area contributed by atoms with E-state index in [2.05, 4.69) is 9.69 Å². The summed E-state index contributed by atoms with van der Waals surface area (Å²) in [4.78, 5) is 22.3. The average Bonchev–Trinajstić information content (AvgIpc) is 2.56. The summed E-state index contributed by atoms with van der Waals surface area (Å²) in [6.45, 7) is 1.78. The molecule has 6 heteroatoms. The summed E-state index contributed by atoms with van der Waals surface area (Å²) >= 11 is 1.25. The molecule has 0 saturated heterocycles. The van der Waals surface area contributed by atoms with Crippen LogP contribution in [0, 0.1) is 12.8 Å². The van der Waals surface area contributed by atoms with Gasteiger partial charge in [0.15, 0.2) is 0 Å². The van der Waals surface area contributed by atoms with Crippen molar-refractivity contribution in [1.29, 1.82) is 0 Å². The Kier molecular flexibility index (Phi) is 2.91. The lowest BCUT2D eigenvalue weighted by Gasteiger charge is -2.32. The largest absolute Gasteiger partial charge is 0.481 e. The van der Waals surface area contributed by atoms with Crippen LogP contribution in [-0.2, 0) is 4.79 Å². The van der Waals surface area contributed by atoms with Gasteiger partial charge in [-0.2, -0.15) is 4.37 Å². The molecule has 1 aromatic rings. The molecule has 1 aliphatic rings. The minimum absolute atomic E-state index is 0.00657. The average molecular weight is 240 g/mol. The quantitative estimate of drug-likeness (QED) is 0.827. The normalized spacial score (nSPS) is 23.6. The van der Waals surface area contributed by atoms with E-state index >= 15 is 0 Å². The molecule has 86 valence electrons. The Morgan fingerprint density at radius 3 is 2.75 bits per heavy atom. The summed E-state index contributed by atoms with van der Waals surface area (Å²) in [5, 5.41) is 13.2. The first-order valence-corrected chi connectivity index (χ1v) is 5.86. The zero-order valence-corrected chi connectivity index (χ0v) is 9.58. The van der Waals surface area contributed by atoms with Crippen molar-refractivity contribution >= 4 is 23.4 Å². The lowest BCUT2D eigenvalue weighted by Crippen LogP contribution is -2.46. The van der Waals surface area contributed by atoms with Crippen LogP contribution in [0.4, 0.5) is 0 Å². The Balaban J connectivity index is 1.87. The zero-order valence-electron chi connectivity index (χ0n) is 8.77. The third kappa shape index (κ3) is 2.06. The van der Waals surface area contributed by atoms with Gasteiger partial charge in [-0.3, -0.25) is 9.59 Å². The van der Waals surface area contributed by atoms with Crippen LogP contribution in [0.3, 0.4) is 0 Å². The lowest BCUT2D eigenvalue weighted by molar-refractivity contribution is -0.145. The highest BCUT2D eigenvalue weighted by molar-refractivity contribution is 7.03. The van der Waals surface area contributed by atoms with Crippen molar-refractivity contribution in [3.8, 4) is 0 Å². The van der Waals surface area contributed by atoms with E-state index < -0.39 is 5.97 Å². The van der Waals surface area contributed by atoms with Crippen molar-refractivity contribution in [2.24, 2.45) is 5.92 Å². The summed E-state index contributed by atoms with van der Waals surface area (Å²) in [5.41, 5.74) is 1.31. The van der Waals surface area contributed by atoms with Crippen molar-refractivity contribution in [3.05, 3.63) is 16.6 Å². The number of aliphatic carboxylic acids is 1. The number of carbonyl (C=O) groups is 2. The number of carboxylic acid groups (broad SMARTS) is 1. The van der Waals surface area contributed by atoms with E-state index in [1.807, 2.05) is 0 Å². The third-order valence-corrected chi connectivity index (χ3v) is 3.54. The summed E-state index contributed by atoms with van der Waals surface area (Å²) in [5.74, 6) is -1.23. The van der Waals surface area contributed by atoms with Crippen molar-refractivity contribution in [2.45, 2.75) is 25.8 Å². The molecule has 0 unspecified atom stereocenters. The predicted molar refractivity (Wildman–Crippen MR) is 58.5 cm³/mol. The molecule has 1 aliphatic carbocycles. The van der Waals surface area contributed by atoms with Gasteiger partial charge in [-0.25, -0.2) is 0 Å². The number of nitrogens with one attached hydrogen (secondary N) is 1. The Morgan fingerprint density at radius 1 is 1.56 bits per heavy atom. The number of aryl methyl sites for hydroxylation is 1. The van der Waals surface area contributed by atoms with Gasteiger partial charge >= 0.3 is 5.97 Å². The molecule has 0 radical (unpaired) electrons. The second-order valence-electron chi connectivity index (χ2n) is 3.99. The van der Waals surface area contributed by atoms with Gasteiger partial charge in [0, 0.05) is 11.4 Å². The molecule has 1 heterocycles. The van der Waals surface area contributed by atoms with E-state index in [1.165, 1.54) is 11.5 Å². The zero-order chi connectivity index (χ0) is 11.7. The van der Waals surface area contributed by atoms with Gasteiger partial charge in [0.25, 0.3) is 5.91 Å². The molecule has 1 amide bonds. The van der Waals surface area contributed by atoms with E-state index in [9.17, 15) is 9.59 Å². The van der Waals surface area contributed by atoms with Crippen molar-refractivity contribution in [2.75, 3.05) is 0 Å². The number of hydrogen-bond donors (Lipinski definition) is 2. The third-order valence-electron chi connectivity index (χ3n) is 2.82. The van der Waals surface area contributed by atoms with Gasteiger partial charge in [-0.05, 0) is 31.3 Å². The molecule has 0 spiro atoms. The fourth-order valence-corrected chi connectivity index (χ4v) is 2.40. The minimum Gasteiger partial charge on any atom is -0.481 e. The summed E-state index contributed by atoms with van der Waals surface area (Å²) in [6.07, 6.45) is 1.05. The minimum atomic E-state index is -0.779. The van der Waals surface area contributed by atoms with Crippen molar-refractivity contribution in [1.82, 2.24) is 9.69 Å². The molecule has 16 heavy (non-hydrogen) atoms. The van der Waals surface area contributed by atoms with Gasteiger partial charge in [-0.15, -0.1) is 0 Å². The Labute approximate surface area is 96.6 Å². The molecule has 5 nitrogen and oxygen atoms in total. The van der Waals surface area contributed by atoms with Crippen molar-refractivity contribution in [3.63, 3.8) is 0 Å². The second kappa shape index (κ2) is 4.21. The number of nitrogens with zero attached hydrogens (tertiary/aromatic N) is 1. The summed E-state index contributed by atoms with van der Waals surface area (Å²) in [7, 11) is 0. The van der Waals surface area contributed by atoms with E-state index in [-0.39, 0.29) is 17.9 Å². The monoisotopic (exact) mass is 240 g/mol. The molecule has 2 N–H and O–H groups in total. The molecule has 2 rings (SSSR count). The number of hydrogen-bond acceptors (Lipinski definition) is 4. The molecule has 0 bridgehead atoms. The molecule has 0 aliphatic heterocycles. The lowest BCUT2D eigenvalue weighted by atomic mass is 9.80. The molecule has 1 saturated carbocycles. The summed E-state index contributed by atoms with van der Waals surface area (Å²) in [6, 6.07) is -0.00657. The first kappa shape index (κ1) is 11.1. The maximum Gasteiger partial charge on any atom is 0.306 e. The van der Waals surface area contributed by atoms with Crippen LogP contribution in [0.25, 0.3) is 0 Å². The molecule has 0 atom stereocenters. The van der Waals surface area contributed by atoms with Crippen LogP contribution in [0.2, 0.25) is 0 Å². The molecule has 1 aromatic heterocycles. The van der Waals surface area contributed by atoms with Crippen molar-refractivity contribution < 1.29 is 14.7 Å². The van der Waals surface area contributed by atoms with Gasteiger partial charge in [0.05, 0.1) is 17.2 Å². The van der Waals surface area contributed by atoms with Crippen LogP contribution < -0.4 is 5.32 Å². The number of aromatic nitrogens is 1. The molecular weight excluding hydrogens is 228 g/mol. The molecular formula is C10H12N2O3S. The number of amides is 1. The molecule has 1 fully saturated rings. The van der Waals surface area contributed by atoms with E-state index in [4.69, 9.17) is 5.11 Å². The van der Waals surface area contributed by atoms with Crippen LogP contribution in [0.1, 0.15) is 28.9 Å². The Hall–Kier alpha value is -1.43. The standard InChI is InChI=1S/C10H12N2O3S/c1-5-8(4-16-12-5)9(13)11-7-2-6(3-7)10(14)15/h4,6-7H,2-3H2,1H3,(H,11,13)(H,14,15). The fourth-order valence-electron chi connectivity index (χ4n) is 1.71. The smallest absolute Gasteiger partial charge is 0.306 e. The number of carboxylic acids is 1. The van der Waals surface area contributed by atoms with Gasteiger partial charge in [-0.1, -0.05) is 0 Å². The highest BCUT2D eigenvalue weighted by Crippen LogP contribution is 2.27. The van der Waals surface area contributed by atoms with Crippen LogP contribution >= 0.6 is 11.5 Å². The van der Waals surface area contributed by atoms with Crippen LogP contribution in [0.5, 0.6) is 0 Å². The maximum atomic E-state index is 11.7. The molecule has 0 aromatic carbocycles. The van der Waals surface area contributed by atoms with Gasteiger partial charge < -0.3 is 10.4 Å². The van der Waals surface area contributed by atoms with Crippen LogP contribution in [-0.4, -0.2) is 27.4 Å². The Bertz CT molecular complexity index is 423. The van der Waals surface area contributed by atoms with Gasteiger partial charge in [0.1, 0.15) is 0 Å². The van der Waals surface area contributed by atoms with E-state index in [0.717, 1.165) is 5.69 Å².